The van der Waals surface area contributed by atoms with Gasteiger partial charge in [0, 0.05) is 30.4 Å². The third-order valence-corrected chi connectivity index (χ3v) is 5.75. The van der Waals surface area contributed by atoms with E-state index in [2.05, 4.69) is 42.1 Å². The van der Waals surface area contributed by atoms with Crippen LogP contribution in [0.4, 0.5) is 30.6 Å². The lowest BCUT2D eigenvalue weighted by Crippen LogP contribution is -2.30. The Kier molecular flexibility index (Phi) is 7.41. The summed E-state index contributed by atoms with van der Waals surface area (Å²) in [6.07, 6.45) is 4.82. The molecular formula is C24H26F3N9O. The number of nitrogens with zero attached hydrogens (tertiary/aromatic N) is 6. The molecule has 37 heavy (non-hydrogen) atoms. The Morgan fingerprint density at radius 3 is 2.59 bits per heavy atom. The minimum Gasteiger partial charge on any atom is -0.366 e. The standard InChI is InChI=1S/C14H19N3O.C10H7F3N6/c1-3-13(18)16-12-9-11(2)14(15-10-12)17-7-5-4-6-8-17;11-10(12,13)8-6(5-3-15-16-4-5)1-2-7-17-9(14)18-19(7)8/h3,9-10H,1,4-8H2,2H3,(H,16,18);1-4H,(H2,14,18)(H,15,16). The summed E-state index contributed by atoms with van der Waals surface area (Å²) in [5.74, 6) is 0.614. The first-order valence-electron chi connectivity index (χ1n) is 11.5. The number of nitrogens with one attached hydrogen (secondary N) is 2. The zero-order chi connectivity index (χ0) is 26.6. The van der Waals surface area contributed by atoms with Crippen LogP contribution in [0.2, 0.25) is 0 Å². The molecule has 4 aromatic heterocycles. The van der Waals surface area contributed by atoms with Gasteiger partial charge >= 0.3 is 6.18 Å². The molecule has 4 N–H and O–H groups in total. The third kappa shape index (κ3) is 5.88. The zero-order valence-electron chi connectivity index (χ0n) is 20.1. The maximum atomic E-state index is 13.2. The number of carbonyl (C=O) groups is 1. The number of fused-ring (bicyclic) bond motifs is 1. The largest absolute Gasteiger partial charge is 0.434 e. The number of anilines is 3. The van der Waals surface area contributed by atoms with Crippen molar-refractivity contribution < 1.29 is 18.0 Å². The zero-order valence-corrected chi connectivity index (χ0v) is 20.1. The number of alkyl halides is 3. The summed E-state index contributed by atoms with van der Waals surface area (Å²) in [5, 5.41) is 12.4. The predicted octanol–water partition coefficient (Wildman–Crippen LogP) is 4.23. The molecular weight excluding hydrogens is 487 g/mol. The highest BCUT2D eigenvalue weighted by molar-refractivity contribution is 5.98. The van der Waals surface area contributed by atoms with Crippen LogP contribution < -0.4 is 16.0 Å². The Labute approximate surface area is 210 Å². The Morgan fingerprint density at radius 1 is 1.22 bits per heavy atom. The second kappa shape index (κ2) is 10.7. The van der Waals surface area contributed by atoms with Gasteiger partial charge in [-0.2, -0.15) is 23.3 Å². The Bertz CT molecular complexity index is 1390. The van der Waals surface area contributed by atoms with E-state index in [9.17, 15) is 18.0 Å². The Hall–Kier alpha value is -4.42. The summed E-state index contributed by atoms with van der Waals surface area (Å²) in [5.41, 5.74) is 6.53. The molecule has 13 heteroatoms. The maximum Gasteiger partial charge on any atom is 0.434 e. The monoisotopic (exact) mass is 513 g/mol. The molecule has 1 saturated heterocycles. The molecule has 0 atom stereocenters. The smallest absolute Gasteiger partial charge is 0.366 e. The topological polar surface area (TPSA) is 130 Å². The fourth-order valence-electron chi connectivity index (χ4n) is 4.13. The number of hydrogen-bond acceptors (Lipinski definition) is 7. The molecule has 0 radical (unpaired) electrons. The quantitative estimate of drug-likeness (QED) is 0.348. The number of aromatic nitrogens is 6. The van der Waals surface area contributed by atoms with Gasteiger partial charge in [-0.25, -0.2) is 9.50 Å². The van der Waals surface area contributed by atoms with Crippen LogP contribution in [0.25, 0.3) is 16.8 Å². The lowest BCUT2D eigenvalue weighted by atomic mass is 10.1. The van der Waals surface area contributed by atoms with E-state index < -0.39 is 11.9 Å². The second-order valence-electron chi connectivity index (χ2n) is 8.43. The number of aromatic amines is 1. The van der Waals surface area contributed by atoms with Gasteiger partial charge in [-0.05, 0) is 56.0 Å². The molecule has 1 aliphatic rings. The number of carbonyl (C=O) groups excluding carboxylic acids is 1. The number of hydrogen-bond donors (Lipinski definition) is 3. The molecule has 194 valence electrons. The summed E-state index contributed by atoms with van der Waals surface area (Å²) < 4.78 is 40.4. The molecule has 0 aliphatic carbocycles. The number of pyridine rings is 2. The molecule has 1 aliphatic heterocycles. The lowest BCUT2D eigenvalue weighted by Gasteiger charge is -2.29. The van der Waals surface area contributed by atoms with Gasteiger partial charge < -0.3 is 16.0 Å². The van der Waals surface area contributed by atoms with Crippen molar-refractivity contribution in [3.05, 3.63) is 60.7 Å². The molecule has 1 fully saturated rings. The molecule has 0 bridgehead atoms. The van der Waals surface area contributed by atoms with E-state index in [1.807, 2.05) is 13.0 Å². The average Bonchev–Trinajstić information content (AvgIpc) is 3.53. The number of nitrogens with two attached hydrogens (primary N) is 1. The molecule has 10 nitrogen and oxygen atoms in total. The number of nitrogen functional groups attached to an aromatic ring is 1. The Balaban J connectivity index is 0.000000173. The van der Waals surface area contributed by atoms with Crippen molar-refractivity contribution in [3.63, 3.8) is 0 Å². The minimum absolute atomic E-state index is 0.0390. The van der Waals surface area contributed by atoms with Gasteiger partial charge in [-0.3, -0.25) is 9.89 Å². The highest BCUT2D eigenvalue weighted by Gasteiger charge is 2.38. The highest BCUT2D eigenvalue weighted by Crippen LogP contribution is 2.37. The number of aryl methyl sites for hydroxylation is 1. The lowest BCUT2D eigenvalue weighted by molar-refractivity contribution is -0.142. The van der Waals surface area contributed by atoms with E-state index in [0.717, 1.165) is 30.2 Å². The molecule has 4 aromatic rings. The van der Waals surface area contributed by atoms with Gasteiger partial charge in [0.05, 0.1) is 18.1 Å². The predicted molar refractivity (Wildman–Crippen MR) is 134 cm³/mol. The van der Waals surface area contributed by atoms with Gasteiger partial charge in [0.25, 0.3) is 0 Å². The van der Waals surface area contributed by atoms with Crippen molar-refractivity contribution in [2.45, 2.75) is 32.4 Å². The summed E-state index contributed by atoms with van der Waals surface area (Å²) >= 11 is 0. The van der Waals surface area contributed by atoms with E-state index >= 15 is 0 Å². The Morgan fingerprint density at radius 2 is 1.97 bits per heavy atom. The van der Waals surface area contributed by atoms with E-state index in [-0.39, 0.29) is 23.1 Å². The van der Waals surface area contributed by atoms with Crippen molar-refractivity contribution in [2.75, 3.05) is 29.0 Å². The van der Waals surface area contributed by atoms with Crippen LogP contribution in [0.3, 0.4) is 0 Å². The molecule has 0 aromatic carbocycles. The average molecular weight is 514 g/mol. The van der Waals surface area contributed by atoms with Crippen LogP contribution >= 0.6 is 0 Å². The first-order chi connectivity index (χ1) is 17.7. The second-order valence-corrected chi connectivity index (χ2v) is 8.43. The van der Waals surface area contributed by atoms with E-state index in [1.54, 1.807) is 6.20 Å². The van der Waals surface area contributed by atoms with Crippen LogP contribution in [-0.2, 0) is 11.0 Å². The van der Waals surface area contributed by atoms with E-state index in [4.69, 9.17) is 5.73 Å². The summed E-state index contributed by atoms with van der Waals surface area (Å²) in [4.78, 5) is 21.7. The molecule has 0 unspecified atom stereocenters. The van der Waals surface area contributed by atoms with Crippen molar-refractivity contribution in [1.82, 2.24) is 29.8 Å². The van der Waals surface area contributed by atoms with Gasteiger partial charge in [0.15, 0.2) is 11.3 Å². The fraction of sp³-hybridized carbons (Fsp3) is 0.292. The molecule has 5 rings (SSSR count). The third-order valence-electron chi connectivity index (χ3n) is 5.75. The van der Waals surface area contributed by atoms with Crippen LogP contribution in [0, 0.1) is 6.92 Å². The molecule has 1 amide bonds. The van der Waals surface area contributed by atoms with Gasteiger partial charge in [-0.1, -0.05) is 6.58 Å². The fourth-order valence-corrected chi connectivity index (χ4v) is 4.13. The van der Waals surface area contributed by atoms with Crippen LogP contribution in [0.5, 0.6) is 0 Å². The van der Waals surface area contributed by atoms with E-state index in [0.29, 0.717) is 10.1 Å². The molecule has 5 heterocycles. The molecule has 0 saturated carbocycles. The maximum absolute atomic E-state index is 13.2. The van der Waals surface area contributed by atoms with Gasteiger partial charge in [0.1, 0.15) is 5.82 Å². The summed E-state index contributed by atoms with van der Waals surface area (Å²) in [7, 11) is 0. The van der Waals surface area contributed by atoms with Gasteiger partial charge in [0.2, 0.25) is 11.9 Å². The summed E-state index contributed by atoms with van der Waals surface area (Å²) in [6.45, 7) is 7.61. The van der Waals surface area contributed by atoms with Crippen molar-refractivity contribution in [3.8, 4) is 11.1 Å². The molecule has 0 spiro atoms. The van der Waals surface area contributed by atoms with Crippen LogP contribution in [-0.4, -0.2) is 48.8 Å². The van der Waals surface area contributed by atoms with Gasteiger partial charge in [-0.15, -0.1) is 5.10 Å². The normalized spacial score (nSPS) is 13.7. The number of rotatable bonds is 4. The highest BCUT2D eigenvalue weighted by atomic mass is 19.4. The first-order valence-corrected chi connectivity index (χ1v) is 11.5. The SMILES string of the molecule is C=CC(=O)Nc1cnc(N2CCCCC2)c(C)c1.Nc1nc2ccc(-c3cn[nH]c3)c(C(F)(F)F)n2n1. The van der Waals surface area contributed by atoms with Crippen molar-refractivity contribution in [2.24, 2.45) is 0 Å². The van der Waals surface area contributed by atoms with Crippen LogP contribution in [0.1, 0.15) is 30.5 Å². The van der Waals surface area contributed by atoms with E-state index in [1.165, 1.54) is 49.9 Å². The first kappa shape index (κ1) is 25.7. The van der Waals surface area contributed by atoms with Crippen molar-refractivity contribution >= 4 is 29.0 Å². The number of H-pyrrole nitrogens is 1. The number of piperidine rings is 1. The van der Waals surface area contributed by atoms with Crippen molar-refractivity contribution in [1.29, 1.82) is 0 Å². The summed E-state index contributed by atoms with van der Waals surface area (Å²) in [6, 6.07) is 4.69. The number of halogens is 3. The number of amides is 1. The minimum atomic E-state index is -4.59. The van der Waals surface area contributed by atoms with Crippen LogP contribution in [0.15, 0.2) is 49.4 Å².